The molecule has 21 heavy (non-hydrogen) atoms. The summed E-state index contributed by atoms with van der Waals surface area (Å²) in [5, 5.41) is 4.54. The Hall–Kier alpha value is -1.29. The van der Waals surface area contributed by atoms with E-state index in [1.807, 2.05) is 24.3 Å². The monoisotopic (exact) mass is 324 g/mol. The van der Waals surface area contributed by atoms with E-state index >= 15 is 0 Å². The topological polar surface area (TPSA) is 34.1 Å². The third-order valence-corrected chi connectivity index (χ3v) is 3.67. The van der Waals surface area contributed by atoms with E-state index in [4.69, 9.17) is 27.9 Å². The fourth-order valence-electron chi connectivity index (χ4n) is 2.19. The van der Waals surface area contributed by atoms with Gasteiger partial charge in [0, 0.05) is 11.8 Å². The number of aromatic nitrogens is 1. The van der Waals surface area contributed by atoms with Crippen LogP contribution in [0.25, 0.3) is 0 Å². The van der Waals surface area contributed by atoms with Gasteiger partial charge < -0.3 is 10.1 Å². The summed E-state index contributed by atoms with van der Waals surface area (Å²) in [4.78, 5) is 4.40. The Morgan fingerprint density at radius 3 is 2.71 bits per heavy atom. The van der Waals surface area contributed by atoms with Gasteiger partial charge in [0.2, 0.25) is 0 Å². The molecule has 0 saturated heterocycles. The molecule has 2 aromatic rings. The van der Waals surface area contributed by atoms with Crippen LogP contribution in [0.15, 0.2) is 36.5 Å². The van der Waals surface area contributed by atoms with E-state index in [1.165, 1.54) is 0 Å². The first-order valence-electron chi connectivity index (χ1n) is 6.84. The average molecular weight is 325 g/mol. The van der Waals surface area contributed by atoms with Crippen molar-refractivity contribution in [2.24, 2.45) is 0 Å². The molecule has 0 amide bonds. The van der Waals surface area contributed by atoms with Gasteiger partial charge in [-0.25, -0.2) is 0 Å². The fourth-order valence-corrected chi connectivity index (χ4v) is 2.67. The molecule has 1 N–H and O–H groups in total. The second kappa shape index (κ2) is 7.64. The zero-order valence-corrected chi connectivity index (χ0v) is 13.6. The molecule has 1 aromatic heterocycles. The number of hydrogen-bond donors (Lipinski definition) is 1. The van der Waals surface area contributed by atoms with Crippen LogP contribution in [-0.4, -0.2) is 18.6 Å². The number of para-hydroxylation sites is 1. The van der Waals surface area contributed by atoms with Crippen molar-refractivity contribution in [3.05, 3.63) is 57.8 Å². The number of benzene rings is 1. The number of halogens is 2. The van der Waals surface area contributed by atoms with Gasteiger partial charge in [-0.1, -0.05) is 48.3 Å². The van der Waals surface area contributed by atoms with Gasteiger partial charge in [0.05, 0.1) is 28.9 Å². The van der Waals surface area contributed by atoms with E-state index in [-0.39, 0.29) is 6.04 Å². The quantitative estimate of drug-likeness (QED) is 0.850. The average Bonchev–Trinajstić information content (AvgIpc) is 2.49. The van der Waals surface area contributed by atoms with Crippen molar-refractivity contribution in [2.45, 2.75) is 19.4 Å². The molecule has 0 aliphatic carbocycles. The molecular formula is C16H18Cl2N2O. The second-order valence-electron chi connectivity index (χ2n) is 4.65. The first-order chi connectivity index (χ1) is 10.2. The predicted octanol–water partition coefficient (Wildman–Crippen LogP) is 4.49. The highest BCUT2D eigenvalue weighted by Crippen LogP contribution is 2.33. The molecule has 1 aromatic carbocycles. The lowest BCUT2D eigenvalue weighted by molar-refractivity contribution is 0.403. The molecule has 1 atom stereocenters. The molecule has 112 valence electrons. The lowest BCUT2D eigenvalue weighted by Crippen LogP contribution is -2.25. The minimum Gasteiger partial charge on any atom is -0.496 e. The first-order valence-corrected chi connectivity index (χ1v) is 7.60. The zero-order valence-electron chi connectivity index (χ0n) is 12.1. The van der Waals surface area contributed by atoms with Gasteiger partial charge in [-0.15, -0.1) is 0 Å². The minimum atomic E-state index is -0.133. The van der Waals surface area contributed by atoms with Crippen molar-refractivity contribution in [3.63, 3.8) is 0 Å². The molecular weight excluding hydrogens is 307 g/mol. The summed E-state index contributed by atoms with van der Waals surface area (Å²) >= 11 is 12.3. The largest absolute Gasteiger partial charge is 0.496 e. The van der Waals surface area contributed by atoms with Crippen LogP contribution < -0.4 is 10.1 Å². The molecule has 0 aliphatic rings. The molecule has 0 aliphatic heterocycles. The van der Waals surface area contributed by atoms with Crippen molar-refractivity contribution in [2.75, 3.05) is 13.7 Å². The Morgan fingerprint density at radius 1 is 1.29 bits per heavy atom. The number of pyridine rings is 1. The van der Waals surface area contributed by atoms with Crippen molar-refractivity contribution in [1.82, 2.24) is 10.3 Å². The van der Waals surface area contributed by atoms with Crippen molar-refractivity contribution in [3.8, 4) is 5.75 Å². The van der Waals surface area contributed by atoms with Crippen LogP contribution in [0.4, 0.5) is 0 Å². The minimum absolute atomic E-state index is 0.133. The number of ether oxygens (including phenoxy) is 1. The van der Waals surface area contributed by atoms with Crippen LogP contribution in [0.3, 0.4) is 0 Å². The number of nitrogens with one attached hydrogen (secondary N) is 1. The van der Waals surface area contributed by atoms with Crippen LogP contribution in [-0.2, 0) is 0 Å². The summed E-state index contributed by atoms with van der Waals surface area (Å²) in [6, 6.07) is 9.43. The van der Waals surface area contributed by atoms with Crippen molar-refractivity contribution >= 4 is 23.2 Å². The van der Waals surface area contributed by atoms with Gasteiger partial charge in [-0.3, -0.25) is 4.98 Å². The highest BCUT2D eigenvalue weighted by atomic mass is 35.5. The molecule has 0 bridgehead atoms. The number of rotatable bonds is 6. The zero-order chi connectivity index (χ0) is 15.2. The first kappa shape index (κ1) is 16.1. The Bertz CT molecular complexity index is 605. The molecule has 0 saturated carbocycles. The van der Waals surface area contributed by atoms with Gasteiger partial charge >= 0.3 is 0 Å². The van der Waals surface area contributed by atoms with E-state index in [0.29, 0.717) is 10.0 Å². The molecule has 5 heteroatoms. The lowest BCUT2D eigenvalue weighted by atomic mass is 10.0. The summed E-state index contributed by atoms with van der Waals surface area (Å²) in [6.07, 6.45) is 2.62. The molecule has 1 unspecified atom stereocenters. The van der Waals surface area contributed by atoms with Crippen LogP contribution in [0.2, 0.25) is 10.0 Å². The maximum Gasteiger partial charge on any atom is 0.124 e. The molecule has 0 spiro atoms. The summed E-state index contributed by atoms with van der Waals surface area (Å²) in [5.74, 6) is 0.805. The summed E-state index contributed by atoms with van der Waals surface area (Å²) in [6.45, 7) is 2.96. The van der Waals surface area contributed by atoms with Gasteiger partial charge in [0.25, 0.3) is 0 Å². The van der Waals surface area contributed by atoms with Crippen molar-refractivity contribution < 1.29 is 4.74 Å². The Balaban J connectivity index is 2.47. The highest BCUT2D eigenvalue weighted by Gasteiger charge is 2.21. The fraction of sp³-hybridized carbons (Fsp3) is 0.312. The van der Waals surface area contributed by atoms with E-state index < -0.39 is 0 Å². The predicted molar refractivity (Wildman–Crippen MR) is 87.4 cm³/mol. The van der Waals surface area contributed by atoms with E-state index in [2.05, 4.69) is 17.2 Å². The SMILES string of the molecule is CCCNC(c1ccccc1OC)c1ncc(Cl)cc1Cl. The second-order valence-corrected chi connectivity index (χ2v) is 5.49. The van der Waals surface area contributed by atoms with E-state index in [0.717, 1.165) is 30.0 Å². The normalized spacial score (nSPS) is 12.2. The van der Waals surface area contributed by atoms with Crippen LogP contribution >= 0.6 is 23.2 Å². The van der Waals surface area contributed by atoms with Crippen LogP contribution in [0.5, 0.6) is 5.75 Å². The lowest BCUT2D eigenvalue weighted by Gasteiger charge is -2.21. The van der Waals surface area contributed by atoms with Gasteiger partial charge in [0.15, 0.2) is 0 Å². The number of methoxy groups -OCH3 is 1. The van der Waals surface area contributed by atoms with Gasteiger partial charge in [0.1, 0.15) is 5.75 Å². The molecule has 0 fully saturated rings. The maximum atomic E-state index is 6.32. The van der Waals surface area contributed by atoms with Gasteiger partial charge in [-0.2, -0.15) is 0 Å². The maximum absolute atomic E-state index is 6.32. The summed E-state index contributed by atoms with van der Waals surface area (Å²) < 4.78 is 5.45. The molecule has 0 radical (unpaired) electrons. The van der Waals surface area contributed by atoms with E-state index in [9.17, 15) is 0 Å². The number of hydrogen-bond acceptors (Lipinski definition) is 3. The van der Waals surface area contributed by atoms with Crippen LogP contribution in [0.1, 0.15) is 30.6 Å². The Labute approximate surface area is 135 Å². The van der Waals surface area contributed by atoms with Crippen LogP contribution in [0, 0.1) is 0 Å². The number of nitrogens with zero attached hydrogens (tertiary/aromatic N) is 1. The Morgan fingerprint density at radius 2 is 2.05 bits per heavy atom. The smallest absolute Gasteiger partial charge is 0.124 e. The third kappa shape index (κ3) is 3.88. The summed E-state index contributed by atoms with van der Waals surface area (Å²) in [5.41, 5.74) is 1.75. The van der Waals surface area contributed by atoms with E-state index in [1.54, 1.807) is 19.4 Å². The standard InChI is InChI=1S/C16H18Cl2N2O/c1-3-8-19-15(12-6-4-5-7-14(12)21-2)16-13(18)9-11(17)10-20-16/h4-7,9-10,15,19H,3,8H2,1-2H3. The van der Waals surface area contributed by atoms with Crippen molar-refractivity contribution in [1.29, 1.82) is 0 Å². The van der Waals surface area contributed by atoms with Gasteiger partial charge in [-0.05, 0) is 25.1 Å². The Kier molecular flexibility index (Phi) is 5.85. The molecule has 3 nitrogen and oxygen atoms in total. The summed E-state index contributed by atoms with van der Waals surface area (Å²) in [7, 11) is 1.66. The molecule has 2 rings (SSSR count). The highest BCUT2D eigenvalue weighted by molar-refractivity contribution is 6.34. The third-order valence-electron chi connectivity index (χ3n) is 3.16. The molecule has 1 heterocycles.